The first kappa shape index (κ1) is 28.4. The maximum atomic E-state index is 12.7. The number of nitrogens with zero attached hydrogens (tertiary/aromatic N) is 1. The van der Waals surface area contributed by atoms with Crippen molar-refractivity contribution in [1.29, 1.82) is 0 Å². The van der Waals surface area contributed by atoms with Crippen LogP contribution >= 0.6 is 11.6 Å². The number of fused-ring (bicyclic) bond motifs is 3. The minimum Gasteiger partial charge on any atom is -0.496 e. The van der Waals surface area contributed by atoms with Crippen molar-refractivity contribution in [3.05, 3.63) is 34.9 Å². The molecule has 0 aromatic heterocycles. The van der Waals surface area contributed by atoms with E-state index in [2.05, 4.69) is 14.9 Å². The number of carboxylic acids is 2. The summed E-state index contributed by atoms with van der Waals surface area (Å²) in [5, 5.41) is 29.4. The van der Waals surface area contributed by atoms with Crippen LogP contribution in [0.1, 0.15) is 23.2 Å². The summed E-state index contributed by atoms with van der Waals surface area (Å²) in [4.78, 5) is 34.0. The third-order valence-electron chi connectivity index (χ3n) is 5.60. The second-order valence-electron chi connectivity index (χ2n) is 8.25. The Morgan fingerprint density at radius 2 is 1.77 bits per heavy atom. The number of anilines is 1. The highest BCUT2D eigenvalue weighted by atomic mass is 35.5. The number of aliphatic carboxylic acids is 2. The van der Waals surface area contributed by atoms with Crippen molar-refractivity contribution < 1.29 is 42.9 Å². The van der Waals surface area contributed by atoms with Crippen LogP contribution in [0.2, 0.25) is 5.02 Å². The van der Waals surface area contributed by atoms with Crippen LogP contribution in [-0.4, -0.2) is 91.6 Å². The Kier molecular flexibility index (Phi) is 9.49. The number of amides is 1. The van der Waals surface area contributed by atoms with Gasteiger partial charge in [-0.2, -0.15) is 0 Å². The molecule has 194 valence electrons. The molecule has 0 aliphatic carbocycles. The predicted octanol–water partition coefficient (Wildman–Crippen LogP) is 0.618. The Morgan fingerprint density at radius 3 is 2.20 bits per heavy atom. The monoisotopic (exact) mass is 533 g/mol. The summed E-state index contributed by atoms with van der Waals surface area (Å²) >= 11 is 6.12. The van der Waals surface area contributed by atoms with E-state index in [-0.39, 0.29) is 34.5 Å². The van der Waals surface area contributed by atoms with E-state index in [0.717, 1.165) is 32.2 Å². The number of carboxylic acid groups (broad SMARTS) is 2. The molecule has 35 heavy (non-hydrogen) atoms. The summed E-state index contributed by atoms with van der Waals surface area (Å²) in [7, 11) is -2.14. The van der Waals surface area contributed by atoms with Crippen molar-refractivity contribution in [2.45, 2.75) is 18.4 Å². The molecule has 0 spiro atoms. The summed E-state index contributed by atoms with van der Waals surface area (Å²) in [6, 6.07) is 2.71. The second kappa shape index (κ2) is 11.7. The number of aliphatic hydroxyl groups is 1. The lowest BCUT2D eigenvalue weighted by Crippen LogP contribution is -2.63. The van der Waals surface area contributed by atoms with Crippen molar-refractivity contribution in [1.82, 2.24) is 10.2 Å². The molecule has 1 unspecified atom stereocenters. The molecule has 3 heterocycles. The highest BCUT2D eigenvalue weighted by Crippen LogP contribution is 2.36. The molecule has 3 saturated heterocycles. The molecule has 1 amide bonds. The molecular formula is C21H28ClN3O9S. The van der Waals surface area contributed by atoms with Gasteiger partial charge in [-0.15, -0.1) is 0 Å². The number of ether oxygens (including phenoxy) is 1. The first-order valence-electron chi connectivity index (χ1n) is 10.5. The van der Waals surface area contributed by atoms with Crippen LogP contribution in [-0.2, 0) is 19.6 Å². The van der Waals surface area contributed by atoms with E-state index in [9.17, 15) is 27.9 Å². The summed E-state index contributed by atoms with van der Waals surface area (Å²) in [6.45, 7) is 2.66. The number of hydrogen-bond donors (Lipinski definition) is 5. The number of methoxy groups -OCH3 is 1. The molecule has 2 bridgehead atoms. The number of carbonyl (C=O) groups excluding carboxylic acids is 1. The van der Waals surface area contributed by atoms with Gasteiger partial charge in [-0.05, 0) is 37.9 Å². The average molecular weight is 534 g/mol. The van der Waals surface area contributed by atoms with Crippen LogP contribution in [0.25, 0.3) is 0 Å². The van der Waals surface area contributed by atoms with Gasteiger partial charge in [0.25, 0.3) is 5.91 Å². The Hall–Kier alpha value is -2.87. The maximum absolute atomic E-state index is 12.7. The predicted molar refractivity (Wildman–Crippen MR) is 127 cm³/mol. The molecule has 3 aliphatic heterocycles. The molecule has 12 nitrogen and oxygen atoms in total. The number of carbonyl (C=O) groups is 3. The zero-order valence-electron chi connectivity index (χ0n) is 19.2. The van der Waals surface area contributed by atoms with E-state index >= 15 is 0 Å². The standard InChI is InChI=1S/C17H24ClN3O5S.C4H4O4/c1-26-15-8-14(20-27(2,24)25)13(18)7-12(15)16(22)19-9-17(23)10-21-5-3-11(17)4-6-21;5-3(6)1-2-4(7)8/h7-8,11,20,23H,3-6,9-10H2,1-2H3,(H,19,22);1-2H,(H,5,6)(H,7,8). The quantitative estimate of drug-likeness (QED) is 0.297. The summed E-state index contributed by atoms with van der Waals surface area (Å²) in [5.41, 5.74) is -0.643. The molecular weight excluding hydrogens is 506 g/mol. The van der Waals surface area contributed by atoms with Gasteiger partial charge >= 0.3 is 11.9 Å². The van der Waals surface area contributed by atoms with Gasteiger partial charge in [0.2, 0.25) is 10.0 Å². The molecule has 4 rings (SSSR count). The van der Waals surface area contributed by atoms with E-state index in [1.807, 2.05) is 0 Å². The third kappa shape index (κ3) is 8.38. The number of hydrogen-bond acceptors (Lipinski definition) is 8. The van der Waals surface area contributed by atoms with Gasteiger partial charge in [0.1, 0.15) is 5.75 Å². The number of nitrogens with one attached hydrogen (secondary N) is 2. The largest absolute Gasteiger partial charge is 0.496 e. The molecule has 1 aromatic rings. The van der Waals surface area contributed by atoms with Gasteiger partial charge in [0, 0.05) is 31.3 Å². The Morgan fingerprint density at radius 1 is 1.20 bits per heavy atom. The summed E-state index contributed by atoms with van der Waals surface area (Å²) in [6.07, 6.45) is 3.97. The van der Waals surface area contributed by atoms with E-state index in [0.29, 0.717) is 18.7 Å². The number of sulfonamides is 1. The molecule has 1 aromatic carbocycles. The lowest BCUT2D eigenvalue weighted by Gasteiger charge is -2.50. The zero-order chi connectivity index (χ0) is 26.4. The zero-order valence-corrected chi connectivity index (χ0v) is 20.7. The molecule has 3 aliphatic rings. The minimum atomic E-state index is -3.52. The van der Waals surface area contributed by atoms with Crippen molar-refractivity contribution in [3.63, 3.8) is 0 Å². The van der Waals surface area contributed by atoms with Crippen LogP contribution in [0.3, 0.4) is 0 Å². The van der Waals surface area contributed by atoms with Crippen LogP contribution in [0.5, 0.6) is 5.75 Å². The Bertz CT molecular complexity index is 1090. The SMILES string of the molecule is COc1cc(NS(C)(=O)=O)c(Cl)cc1C(=O)NCC1(O)CN2CCC1CC2.O=C(O)C=CC(=O)O. The molecule has 0 radical (unpaired) electrons. The minimum absolute atomic E-state index is 0.0768. The Labute approximate surface area is 207 Å². The van der Waals surface area contributed by atoms with Crippen LogP contribution < -0.4 is 14.8 Å². The average Bonchev–Trinajstić information content (AvgIpc) is 2.77. The number of benzene rings is 1. The number of piperidine rings is 3. The van der Waals surface area contributed by atoms with Crippen LogP contribution in [0.15, 0.2) is 24.3 Å². The fourth-order valence-corrected chi connectivity index (χ4v) is 4.83. The summed E-state index contributed by atoms with van der Waals surface area (Å²) in [5.74, 6) is -2.59. The van der Waals surface area contributed by atoms with E-state index in [1.165, 1.54) is 19.2 Å². The molecule has 1 atom stereocenters. The lowest BCUT2D eigenvalue weighted by atomic mass is 9.75. The van der Waals surface area contributed by atoms with Crippen molar-refractivity contribution in [3.8, 4) is 5.75 Å². The topological polar surface area (TPSA) is 183 Å². The molecule has 0 saturated carbocycles. The molecule has 14 heteroatoms. The first-order valence-corrected chi connectivity index (χ1v) is 12.7. The van der Waals surface area contributed by atoms with Gasteiger partial charge < -0.3 is 30.3 Å². The lowest BCUT2D eigenvalue weighted by molar-refractivity contribution is -0.134. The Balaban J connectivity index is 0.000000466. The fourth-order valence-electron chi connectivity index (χ4n) is 3.99. The first-order chi connectivity index (χ1) is 16.2. The van der Waals surface area contributed by atoms with Gasteiger partial charge in [-0.25, -0.2) is 18.0 Å². The smallest absolute Gasteiger partial charge is 0.328 e. The van der Waals surface area contributed by atoms with Gasteiger partial charge in [-0.3, -0.25) is 9.52 Å². The van der Waals surface area contributed by atoms with Crippen molar-refractivity contribution >= 4 is 45.2 Å². The normalized spacial score (nSPS) is 23.2. The van der Waals surface area contributed by atoms with Crippen LogP contribution in [0, 0.1) is 5.92 Å². The van der Waals surface area contributed by atoms with Gasteiger partial charge in [0.15, 0.2) is 0 Å². The van der Waals surface area contributed by atoms with Gasteiger partial charge in [-0.1, -0.05) is 11.6 Å². The van der Waals surface area contributed by atoms with Crippen molar-refractivity contribution in [2.24, 2.45) is 5.92 Å². The van der Waals surface area contributed by atoms with Crippen LogP contribution in [0.4, 0.5) is 5.69 Å². The van der Waals surface area contributed by atoms with E-state index < -0.39 is 33.5 Å². The van der Waals surface area contributed by atoms with Crippen molar-refractivity contribution in [2.75, 3.05) is 44.3 Å². The third-order valence-corrected chi connectivity index (χ3v) is 6.50. The van der Waals surface area contributed by atoms with E-state index in [4.69, 9.17) is 26.6 Å². The molecule has 3 fully saturated rings. The summed E-state index contributed by atoms with van der Waals surface area (Å²) < 4.78 is 30.4. The van der Waals surface area contributed by atoms with E-state index in [1.54, 1.807) is 0 Å². The van der Waals surface area contributed by atoms with Gasteiger partial charge in [0.05, 0.1) is 35.2 Å². The highest BCUT2D eigenvalue weighted by Gasteiger charge is 2.45. The highest BCUT2D eigenvalue weighted by molar-refractivity contribution is 7.92. The maximum Gasteiger partial charge on any atom is 0.328 e. The number of halogens is 1. The second-order valence-corrected chi connectivity index (χ2v) is 10.4. The molecule has 5 N–H and O–H groups in total. The fraction of sp³-hybridized carbons (Fsp3) is 0.476. The number of rotatable bonds is 8.